The van der Waals surface area contributed by atoms with Gasteiger partial charge in [0.05, 0.1) is 20.8 Å². The second-order valence-corrected chi connectivity index (χ2v) is 6.27. The number of ether oxygens (including phenoxy) is 2. The number of benzene rings is 1. The van der Waals surface area contributed by atoms with Gasteiger partial charge in [-0.15, -0.1) is 12.4 Å². The van der Waals surface area contributed by atoms with E-state index in [4.69, 9.17) is 9.47 Å². The molecule has 1 aliphatic rings. The molecule has 3 N–H and O–H groups in total. The van der Waals surface area contributed by atoms with Crippen LogP contribution >= 0.6 is 12.4 Å². The number of hydrogen-bond acceptors (Lipinski definition) is 6. The van der Waals surface area contributed by atoms with E-state index in [1.54, 1.807) is 25.2 Å². The summed E-state index contributed by atoms with van der Waals surface area (Å²) in [5.41, 5.74) is 2.73. The fourth-order valence-electron chi connectivity index (χ4n) is 2.95. The van der Waals surface area contributed by atoms with Gasteiger partial charge in [-0.1, -0.05) is 0 Å². The van der Waals surface area contributed by atoms with Gasteiger partial charge in [0.15, 0.2) is 5.69 Å². The molecule has 1 aromatic heterocycles. The van der Waals surface area contributed by atoms with Crippen LogP contribution in [0.3, 0.4) is 0 Å². The van der Waals surface area contributed by atoms with Gasteiger partial charge in [-0.25, -0.2) is 0 Å². The smallest absolute Gasteiger partial charge is 0.274 e. The Morgan fingerprint density at radius 2 is 1.89 bits per heavy atom. The van der Waals surface area contributed by atoms with Gasteiger partial charge in [0.2, 0.25) is 5.91 Å². The van der Waals surface area contributed by atoms with Crippen molar-refractivity contribution in [2.75, 3.05) is 39.7 Å². The van der Waals surface area contributed by atoms with Crippen LogP contribution in [0.15, 0.2) is 18.2 Å². The van der Waals surface area contributed by atoms with Crippen LogP contribution in [0.2, 0.25) is 0 Å². The van der Waals surface area contributed by atoms with Gasteiger partial charge < -0.3 is 25.0 Å². The van der Waals surface area contributed by atoms with Gasteiger partial charge in [0.1, 0.15) is 11.5 Å². The molecule has 0 saturated heterocycles. The fourth-order valence-corrected chi connectivity index (χ4v) is 2.95. The summed E-state index contributed by atoms with van der Waals surface area (Å²) in [6.07, 6.45) is 0.803. The summed E-state index contributed by atoms with van der Waals surface area (Å²) in [5.74, 6) is 0.493. The molecule has 0 saturated carbocycles. The normalized spacial score (nSPS) is 12.4. The van der Waals surface area contributed by atoms with Crippen molar-refractivity contribution >= 4 is 29.9 Å². The number of nitrogens with zero attached hydrogens (tertiary/aromatic N) is 2. The Hall–Kier alpha value is -2.78. The van der Waals surface area contributed by atoms with Gasteiger partial charge in [0.25, 0.3) is 5.91 Å². The first-order valence-corrected chi connectivity index (χ1v) is 8.57. The molecule has 0 fully saturated rings. The number of halogens is 1. The van der Waals surface area contributed by atoms with Crippen LogP contribution in [0.1, 0.15) is 21.7 Å². The van der Waals surface area contributed by atoms with Crippen molar-refractivity contribution < 1.29 is 19.1 Å². The maximum Gasteiger partial charge on any atom is 0.274 e. The molecule has 1 aromatic carbocycles. The number of nitrogens with one attached hydrogen (secondary N) is 3. The largest absolute Gasteiger partial charge is 0.497 e. The molecule has 2 heterocycles. The molecule has 28 heavy (non-hydrogen) atoms. The lowest BCUT2D eigenvalue weighted by Gasteiger charge is -2.18. The predicted octanol–water partition coefficient (Wildman–Crippen LogP) is 1.21. The predicted molar refractivity (Wildman–Crippen MR) is 106 cm³/mol. The van der Waals surface area contributed by atoms with Crippen molar-refractivity contribution in [3.8, 4) is 11.5 Å². The average molecular weight is 410 g/mol. The molecule has 0 aliphatic carbocycles. The van der Waals surface area contributed by atoms with Gasteiger partial charge in [0, 0.05) is 61.7 Å². The van der Waals surface area contributed by atoms with Crippen molar-refractivity contribution in [3.05, 3.63) is 35.2 Å². The SMILES string of the molecule is COc1cc(NC(=O)CN(C)C(=O)c2n[nH]c3c2CNCC3)cc(OC)c1.Cl. The topological polar surface area (TPSA) is 109 Å². The zero-order chi connectivity index (χ0) is 19.4. The first kappa shape index (κ1) is 21.5. The molecule has 10 heteroatoms. The van der Waals surface area contributed by atoms with E-state index in [9.17, 15) is 9.59 Å². The summed E-state index contributed by atoms with van der Waals surface area (Å²) >= 11 is 0. The summed E-state index contributed by atoms with van der Waals surface area (Å²) in [7, 11) is 4.64. The van der Waals surface area contributed by atoms with E-state index in [0.29, 0.717) is 29.4 Å². The molecule has 0 radical (unpaired) electrons. The van der Waals surface area contributed by atoms with Gasteiger partial charge in [-0.2, -0.15) is 5.10 Å². The Labute approximate surface area is 169 Å². The van der Waals surface area contributed by atoms with Crippen molar-refractivity contribution in [2.45, 2.75) is 13.0 Å². The highest BCUT2D eigenvalue weighted by molar-refractivity contribution is 5.99. The second kappa shape index (κ2) is 9.43. The molecular formula is C18H24ClN5O4. The summed E-state index contributed by atoms with van der Waals surface area (Å²) < 4.78 is 10.4. The molecule has 0 unspecified atom stereocenters. The van der Waals surface area contributed by atoms with Crippen LogP contribution < -0.4 is 20.1 Å². The first-order valence-electron chi connectivity index (χ1n) is 8.57. The van der Waals surface area contributed by atoms with Crippen molar-refractivity contribution in [1.29, 1.82) is 0 Å². The lowest BCUT2D eigenvalue weighted by molar-refractivity contribution is -0.116. The maximum absolute atomic E-state index is 12.7. The molecule has 9 nitrogen and oxygen atoms in total. The third-order valence-corrected chi connectivity index (χ3v) is 4.37. The molecular weight excluding hydrogens is 386 g/mol. The number of methoxy groups -OCH3 is 2. The second-order valence-electron chi connectivity index (χ2n) is 6.27. The van der Waals surface area contributed by atoms with Crippen molar-refractivity contribution in [2.24, 2.45) is 0 Å². The molecule has 0 spiro atoms. The number of anilines is 1. The monoisotopic (exact) mass is 409 g/mol. The number of carbonyl (C=O) groups is 2. The van der Waals surface area contributed by atoms with Gasteiger partial charge in [-0.3, -0.25) is 14.7 Å². The van der Waals surface area contributed by atoms with E-state index in [1.807, 2.05) is 0 Å². The number of aromatic nitrogens is 2. The molecule has 0 bridgehead atoms. The summed E-state index contributed by atoms with van der Waals surface area (Å²) in [6.45, 7) is 1.34. The van der Waals surface area contributed by atoms with Gasteiger partial charge in [-0.05, 0) is 0 Å². The zero-order valence-electron chi connectivity index (χ0n) is 16.0. The highest BCUT2D eigenvalue weighted by Crippen LogP contribution is 2.25. The van der Waals surface area contributed by atoms with E-state index in [-0.39, 0.29) is 30.8 Å². The van der Waals surface area contributed by atoms with Gasteiger partial charge >= 0.3 is 0 Å². The third-order valence-electron chi connectivity index (χ3n) is 4.37. The van der Waals surface area contributed by atoms with E-state index >= 15 is 0 Å². The van der Waals surface area contributed by atoms with E-state index in [0.717, 1.165) is 24.2 Å². The van der Waals surface area contributed by atoms with E-state index < -0.39 is 0 Å². The van der Waals surface area contributed by atoms with Crippen LogP contribution in [0.25, 0.3) is 0 Å². The number of amides is 2. The Morgan fingerprint density at radius 3 is 2.54 bits per heavy atom. The Bertz CT molecular complexity index is 832. The van der Waals surface area contributed by atoms with Crippen LogP contribution in [0, 0.1) is 0 Å². The van der Waals surface area contributed by atoms with Crippen LogP contribution in [-0.4, -0.2) is 61.3 Å². The van der Waals surface area contributed by atoms with Crippen molar-refractivity contribution in [1.82, 2.24) is 20.4 Å². The van der Waals surface area contributed by atoms with Crippen LogP contribution in [-0.2, 0) is 17.8 Å². The quantitative estimate of drug-likeness (QED) is 0.661. The fraction of sp³-hybridized carbons (Fsp3) is 0.389. The number of hydrogen-bond donors (Lipinski definition) is 3. The molecule has 3 rings (SSSR count). The van der Waals surface area contributed by atoms with E-state index in [2.05, 4.69) is 20.8 Å². The van der Waals surface area contributed by atoms with E-state index in [1.165, 1.54) is 19.1 Å². The Kier molecular flexibility index (Phi) is 7.24. The summed E-state index contributed by atoms with van der Waals surface area (Å²) in [4.78, 5) is 26.4. The number of aromatic amines is 1. The molecule has 1 aliphatic heterocycles. The average Bonchev–Trinajstić information content (AvgIpc) is 3.10. The molecule has 2 amide bonds. The zero-order valence-corrected chi connectivity index (χ0v) is 16.8. The Morgan fingerprint density at radius 1 is 1.21 bits per heavy atom. The minimum absolute atomic E-state index is 0. The number of H-pyrrole nitrogens is 1. The summed E-state index contributed by atoms with van der Waals surface area (Å²) in [5, 5.41) is 13.0. The highest BCUT2D eigenvalue weighted by Gasteiger charge is 2.25. The number of rotatable bonds is 6. The molecule has 0 atom stereocenters. The lowest BCUT2D eigenvalue weighted by Crippen LogP contribution is -2.36. The minimum Gasteiger partial charge on any atom is -0.497 e. The first-order chi connectivity index (χ1) is 13.0. The Balaban J connectivity index is 0.00000280. The molecule has 152 valence electrons. The molecule has 2 aromatic rings. The lowest BCUT2D eigenvalue weighted by atomic mass is 10.1. The van der Waals surface area contributed by atoms with Crippen molar-refractivity contribution in [3.63, 3.8) is 0 Å². The number of fused-ring (bicyclic) bond motifs is 1. The minimum atomic E-state index is -0.330. The standard InChI is InChI=1S/C18H23N5O4.ClH/c1-23(18(25)17-14-9-19-5-4-15(14)21-22-17)10-16(24)20-11-6-12(26-2)8-13(7-11)27-3;/h6-8,19H,4-5,9-10H2,1-3H3,(H,20,24)(H,21,22);1H. The summed E-state index contributed by atoms with van der Waals surface area (Å²) in [6, 6.07) is 5.07. The number of likely N-dealkylation sites (N-methyl/N-ethyl adjacent to an activating group) is 1. The van der Waals surface area contributed by atoms with Crippen LogP contribution in [0.4, 0.5) is 5.69 Å². The number of carbonyl (C=O) groups excluding carboxylic acids is 2. The van der Waals surface area contributed by atoms with Crippen LogP contribution in [0.5, 0.6) is 11.5 Å². The third kappa shape index (κ3) is 4.73. The highest BCUT2D eigenvalue weighted by atomic mass is 35.5. The maximum atomic E-state index is 12.7.